The van der Waals surface area contributed by atoms with E-state index in [9.17, 15) is 4.79 Å². The lowest BCUT2D eigenvalue weighted by molar-refractivity contribution is 0.0831. The lowest BCUT2D eigenvalue weighted by Gasteiger charge is -2.17. The Kier molecular flexibility index (Phi) is 4.97. The van der Waals surface area contributed by atoms with Crippen molar-refractivity contribution in [1.82, 2.24) is 19.8 Å². The molecule has 3 aromatic heterocycles. The zero-order chi connectivity index (χ0) is 20.7. The second-order valence-corrected chi connectivity index (χ2v) is 9.12. The van der Waals surface area contributed by atoms with Crippen LogP contribution in [0, 0.1) is 0 Å². The topological polar surface area (TPSA) is 49.3 Å². The van der Waals surface area contributed by atoms with Gasteiger partial charge in [0.2, 0.25) is 0 Å². The van der Waals surface area contributed by atoms with Gasteiger partial charge in [-0.3, -0.25) is 14.7 Å². The molecule has 0 aliphatic carbocycles. The van der Waals surface area contributed by atoms with Gasteiger partial charge in [-0.15, -0.1) is 11.3 Å². The Bertz CT molecular complexity index is 1230. The van der Waals surface area contributed by atoms with Crippen molar-refractivity contribution in [2.75, 3.05) is 27.2 Å². The summed E-state index contributed by atoms with van der Waals surface area (Å²) in [6, 6.07) is 16.6. The molecular formula is C24H24N4OS. The van der Waals surface area contributed by atoms with Gasteiger partial charge < -0.3 is 4.90 Å². The normalized spacial score (nSPS) is 17.1. The van der Waals surface area contributed by atoms with E-state index in [-0.39, 0.29) is 5.91 Å². The fourth-order valence-electron chi connectivity index (χ4n) is 4.36. The Morgan fingerprint density at radius 2 is 2.03 bits per heavy atom. The average molecular weight is 417 g/mol. The molecule has 0 N–H and O–H groups in total. The van der Waals surface area contributed by atoms with Crippen molar-refractivity contribution in [2.45, 2.75) is 18.9 Å². The van der Waals surface area contributed by atoms with E-state index < -0.39 is 0 Å². The number of carbonyl (C=O) groups is 1. The van der Waals surface area contributed by atoms with E-state index in [1.807, 2.05) is 32.3 Å². The van der Waals surface area contributed by atoms with Crippen LogP contribution in [-0.2, 0) is 6.54 Å². The molecule has 0 radical (unpaired) electrons. The largest absolute Gasteiger partial charge is 0.344 e. The second-order valence-electron chi connectivity index (χ2n) is 8.12. The molecule has 1 fully saturated rings. The van der Waals surface area contributed by atoms with Crippen LogP contribution in [0.2, 0.25) is 0 Å². The summed E-state index contributed by atoms with van der Waals surface area (Å²) in [4.78, 5) is 28.1. The average Bonchev–Trinajstić information content (AvgIpc) is 3.37. The molecule has 5 nitrogen and oxygen atoms in total. The molecule has 1 aliphatic rings. The monoisotopic (exact) mass is 416 g/mol. The van der Waals surface area contributed by atoms with Crippen molar-refractivity contribution in [3.8, 4) is 0 Å². The highest BCUT2D eigenvalue weighted by Crippen LogP contribution is 2.40. The summed E-state index contributed by atoms with van der Waals surface area (Å²) in [6.45, 7) is 2.77. The standard InChI is InChI=1S/C24H24N4OS/c1-27(2)24(29)22-21(19-7-5-12-25-23(19)30-22)17-11-13-28(14-17)15-18-10-9-16-6-3-4-8-20(16)26-18/h3-10,12,17H,11,13-15H2,1-2H3/t17-/m1/s1. The van der Waals surface area contributed by atoms with Gasteiger partial charge in [-0.05, 0) is 36.7 Å². The van der Waals surface area contributed by atoms with Crippen molar-refractivity contribution in [3.05, 3.63) is 70.9 Å². The first-order chi connectivity index (χ1) is 14.6. The predicted octanol–water partition coefficient (Wildman–Crippen LogP) is 4.54. The van der Waals surface area contributed by atoms with Gasteiger partial charge in [-0.25, -0.2) is 4.98 Å². The fourth-order valence-corrected chi connectivity index (χ4v) is 5.61. The van der Waals surface area contributed by atoms with Crippen LogP contribution >= 0.6 is 11.3 Å². The number of thiophene rings is 1. The summed E-state index contributed by atoms with van der Waals surface area (Å²) in [5, 5.41) is 2.30. The molecule has 1 atom stereocenters. The van der Waals surface area contributed by atoms with Gasteiger partial charge in [-0.1, -0.05) is 30.3 Å². The number of benzene rings is 1. The number of likely N-dealkylation sites (tertiary alicyclic amines) is 1. The highest BCUT2D eigenvalue weighted by molar-refractivity contribution is 7.20. The fraction of sp³-hybridized carbons (Fsp3) is 0.292. The van der Waals surface area contributed by atoms with Crippen LogP contribution in [-0.4, -0.2) is 52.9 Å². The highest BCUT2D eigenvalue weighted by atomic mass is 32.1. The maximum absolute atomic E-state index is 12.9. The number of para-hydroxylation sites is 1. The van der Waals surface area contributed by atoms with Gasteiger partial charge in [0.1, 0.15) is 4.83 Å². The molecule has 30 heavy (non-hydrogen) atoms. The molecular weight excluding hydrogens is 392 g/mol. The predicted molar refractivity (Wildman–Crippen MR) is 122 cm³/mol. The van der Waals surface area contributed by atoms with Crippen molar-refractivity contribution < 1.29 is 4.79 Å². The molecule has 152 valence electrons. The summed E-state index contributed by atoms with van der Waals surface area (Å²) < 4.78 is 0. The van der Waals surface area contributed by atoms with E-state index in [0.29, 0.717) is 5.92 Å². The lowest BCUT2D eigenvalue weighted by Crippen LogP contribution is -2.23. The van der Waals surface area contributed by atoms with E-state index in [1.54, 1.807) is 11.1 Å². The lowest BCUT2D eigenvalue weighted by atomic mass is 9.95. The SMILES string of the molecule is CN(C)C(=O)c1sc2ncccc2c1[C@@H]1CCN(Cc2ccc3ccccc3n2)C1. The number of hydrogen-bond donors (Lipinski definition) is 0. The maximum atomic E-state index is 12.9. The third-order valence-corrected chi connectivity index (χ3v) is 6.94. The first-order valence-corrected chi connectivity index (χ1v) is 11.1. The van der Waals surface area contributed by atoms with Crippen LogP contribution < -0.4 is 0 Å². The van der Waals surface area contributed by atoms with Crippen LogP contribution in [0.4, 0.5) is 0 Å². The zero-order valence-electron chi connectivity index (χ0n) is 17.2. The number of aromatic nitrogens is 2. The van der Waals surface area contributed by atoms with Crippen molar-refractivity contribution in [3.63, 3.8) is 0 Å². The number of amides is 1. The van der Waals surface area contributed by atoms with Gasteiger partial charge >= 0.3 is 0 Å². The summed E-state index contributed by atoms with van der Waals surface area (Å²) in [6.07, 6.45) is 2.85. The molecule has 1 aromatic carbocycles. The Hall–Kier alpha value is -2.83. The quantitative estimate of drug-likeness (QED) is 0.490. The van der Waals surface area contributed by atoms with Crippen molar-refractivity contribution in [1.29, 1.82) is 0 Å². The van der Waals surface area contributed by atoms with E-state index >= 15 is 0 Å². The minimum Gasteiger partial charge on any atom is -0.344 e. The van der Waals surface area contributed by atoms with Gasteiger partial charge in [0, 0.05) is 50.1 Å². The molecule has 1 saturated heterocycles. The molecule has 0 saturated carbocycles. The summed E-state index contributed by atoms with van der Waals surface area (Å²) in [5.41, 5.74) is 3.31. The van der Waals surface area contributed by atoms with Crippen molar-refractivity contribution in [2.24, 2.45) is 0 Å². The van der Waals surface area contributed by atoms with Crippen LogP contribution in [0.25, 0.3) is 21.1 Å². The molecule has 0 spiro atoms. The number of hydrogen-bond acceptors (Lipinski definition) is 5. The number of nitrogens with zero attached hydrogens (tertiary/aromatic N) is 4. The third kappa shape index (κ3) is 3.46. The van der Waals surface area contributed by atoms with E-state index in [0.717, 1.165) is 52.4 Å². The first-order valence-electron chi connectivity index (χ1n) is 10.3. The Balaban J connectivity index is 1.42. The summed E-state index contributed by atoms with van der Waals surface area (Å²) in [5.74, 6) is 0.407. The van der Waals surface area contributed by atoms with Gasteiger partial charge in [-0.2, -0.15) is 0 Å². The molecule has 4 aromatic rings. The van der Waals surface area contributed by atoms with Crippen LogP contribution in [0.15, 0.2) is 54.7 Å². The van der Waals surface area contributed by atoms with E-state index in [4.69, 9.17) is 4.98 Å². The summed E-state index contributed by atoms with van der Waals surface area (Å²) >= 11 is 1.52. The number of pyridine rings is 2. The maximum Gasteiger partial charge on any atom is 0.263 e. The molecule has 1 aliphatic heterocycles. The second kappa shape index (κ2) is 7.78. The molecule has 0 unspecified atom stereocenters. The van der Waals surface area contributed by atoms with Gasteiger partial charge in [0.25, 0.3) is 5.91 Å². The zero-order valence-corrected chi connectivity index (χ0v) is 18.0. The van der Waals surface area contributed by atoms with Crippen LogP contribution in [0.3, 0.4) is 0 Å². The number of fused-ring (bicyclic) bond motifs is 2. The molecule has 6 heteroatoms. The number of carbonyl (C=O) groups excluding carboxylic acids is 1. The first kappa shape index (κ1) is 19.2. The Morgan fingerprint density at radius 1 is 1.17 bits per heavy atom. The smallest absolute Gasteiger partial charge is 0.263 e. The molecule has 0 bridgehead atoms. The van der Waals surface area contributed by atoms with Gasteiger partial charge in [0.15, 0.2) is 0 Å². The minimum atomic E-state index is 0.0719. The molecule has 1 amide bonds. The van der Waals surface area contributed by atoms with Crippen molar-refractivity contribution >= 4 is 38.4 Å². The Labute approximate surface area is 180 Å². The van der Waals surface area contributed by atoms with Crippen LogP contribution in [0.5, 0.6) is 0 Å². The highest BCUT2D eigenvalue weighted by Gasteiger charge is 2.31. The minimum absolute atomic E-state index is 0.0719. The van der Waals surface area contributed by atoms with E-state index in [1.165, 1.54) is 22.3 Å². The number of rotatable bonds is 4. The molecule has 4 heterocycles. The summed E-state index contributed by atoms with van der Waals surface area (Å²) in [7, 11) is 3.63. The van der Waals surface area contributed by atoms with E-state index in [2.05, 4.69) is 40.2 Å². The Morgan fingerprint density at radius 3 is 2.90 bits per heavy atom. The third-order valence-electron chi connectivity index (χ3n) is 5.83. The van der Waals surface area contributed by atoms with Gasteiger partial charge in [0.05, 0.1) is 16.1 Å². The van der Waals surface area contributed by atoms with Crippen LogP contribution in [0.1, 0.15) is 33.3 Å². The molecule has 5 rings (SSSR count).